The van der Waals surface area contributed by atoms with Crippen LogP contribution in [0.5, 0.6) is 0 Å². The first kappa shape index (κ1) is 13.1. The van der Waals surface area contributed by atoms with Crippen molar-refractivity contribution in [3.63, 3.8) is 0 Å². The van der Waals surface area contributed by atoms with Gasteiger partial charge >= 0.3 is 0 Å². The van der Waals surface area contributed by atoms with Crippen molar-refractivity contribution in [2.24, 2.45) is 4.99 Å². The molecule has 0 spiro atoms. The zero-order chi connectivity index (χ0) is 12.6. The molecule has 0 aromatic heterocycles. The lowest BCUT2D eigenvalue weighted by atomic mass is 10.2. The molecular weight excluding hydrogens is 230 g/mol. The van der Waals surface area contributed by atoms with Crippen molar-refractivity contribution >= 4 is 5.90 Å². The predicted octanol–water partition coefficient (Wildman–Crippen LogP) is 2.04. The maximum absolute atomic E-state index is 5.65. The normalized spacial score (nSPS) is 20.1. The number of aliphatic imine (C=N–C) groups is 1. The molecule has 1 aliphatic heterocycles. The van der Waals surface area contributed by atoms with Crippen LogP contribution in [0.25, 0.3) is 0 Å². The zero-order valence-electron chi connectivity index (χ0n) is 10.7. The van der Waals surface area contributed by atoms with E-state index >= 15 is 0 Å². The molecular formula is C14H19NO3. The fourth-order valence-corrected chi connectivity index (χ4v) is 1.80. The van der Waals surface area contributed by atoms with Gasteiger partial charge in [0.05, 0.1) is 33.5 Å². The number of rotatable bonds is 4. The van der Waals surface area contributed by atoms with E-state index in [1.165, 1.54) is 5.56 Å². The van der Waals surface area contributed by atoms with Crippen LogP contribution >= 0.6 is 0 Å². The second-order valence-corrected chi connectivity index (χ2v) is 4.18. The lowest BCUT2D eigenvalue weighted by Gasteiger charge is -2.13. The maximum Gasteiger partial charge on any atom is 0.185 e. The lowest BCUT2D eigenvalue weighted by molar-refractivity contribution is -0.0120. The number of ether oxygens (including phenoxy) is 3. The van der Waals surface area contributed by atoms with Crippen molar-refractivity contribution in [1.29, 1.82) is 0 Å². The average molecular weight is 249 g/mol. The molecule has 4 nitrogen and oxygen atoms in total. The smallest absolute Gasteiger partial charge is 0.185 e. The van der Waals surface area contributed by atoms with Gasteiger partial charge in [-0.3, -0.25) is 4.99 Å². The Bertz CT molecular complexity index is 378. The van der Waals surface area contributed by atoms with Gasteiger partial charge in [-0.1, -0.05) is 30.3 Å². The Labute approximate surface area is 108 Å². The summed E-state index contributed by atoms with van der Waals surface area (Å²) in [6, 6.07) is 10.1. The first-order chi connectivity index (χ1) is 8.88. The molecule has 0 amide bonds. The second-order valence-electron chi connectivity index (χ2n) is 4.18. The minimum Gasteiger partial charge on any atom is -0.484 e. The molecule has 0 radical (unpaired) electrons. The van der Waals surface area contributed by atoms with Gasteiger partial charge in [0.2, 0.25) is 0 Å². The summed E-state index contributed by atoms with van der Waals surface area (Å²) in [6.45, 7) is 2.43. The Balaban J connectivity index is 1.72. The third kappa shape index (κ3) is 4.13. The Hall–Kier alpha value is -1.39. The molecule has 1 heterocycles. The van der Waals surface area contributed by atoms with Crippen molar-refractivity contribution in [3.8, 4) is 0 Å². The molecule has 0 N–H and O–H groups in total. The van der Waals surface area contributed by atoms with E-state index in [4.69, 9.17) is 14.2 Å². The fourth-order valence-electron chi connectivity index (χ4n) is 1.80. The van der Waals surface area contributed by atoms with Crippen LogP contribution in [0, 0.1) is 0 Å². The van der Waals surface area contributed by atoms with Crippen LogP contribution in [0.3, 0.4) is 0 Å². The van der Waals surface area contributed by atoms with Gasteiger partial charge in [-0.05, 0) is 5.56 Å². The van der Waals surface area contributed by atoms with Gasteiger partial charge in [-0.2, -0.15) is 0 Å². The molecule has 0 saturated heterocycles. The number of nitrogens with zero attached hydrogens (tertiary/aromatic N) is 1. The SMILES string of the molecule is COC1=NCC(COCc2ccccc2)OCC1. The predicted molar refractivity (Wildman–Crippen MR) is 69.8 cm³/mol. The molecule has 0 bridgehead atoms. The topological polar surface area (TPSA) is 40.0 Å². The lowest BCUT2D eigenvalue weighted by Crippen LogP contribution is -2.22. The van der Waals surface area contributed by atoms with Crippen molar-refractivity contribution in [2.75, 3.05) is 26.9 Å². The Morgan fingerprint density at radius 3 is 2.94 bits per heavy atom. The quantitative estimate of drug-likeness (QED) is 0.819. The third-order valence-corrected chi connectivity index (χ3v) is 2.79. The van der Waals surface area contributed by atoms with E-state index in [-0.39, 0.29) is 6.10 Å². The highest BCUT2D eigenvalue weighted by atomic mass is 16.5. The monoisotopic (exact) mass is 249 g/mol. The number of hydrogen-bond donors (Lipinski definition) is 0. The van der Waals surface area contributed by atoms with E-state index in [0.717, 1.165) is 12.3 Å². The zero-order valence-corrected chi connectivity index (χ0v) is 10.7. The molecule has 2 rings (SSSR count). The van der Waals surface area contributed by atoms with E-state index in [0.29, 0.717) is 26.4 Å². The van der Waals surface area contributed by atoms with Crippen LogP contribution in [0.1, 0.15) is 12.0 Å². The minimum absolute atomic E-state index is 0.0290. The molecule has 18 heavy (non-hydrogen) atoms. The van der Waals surface area contributed by atoms with Crippen LogP contribution in [0.2, 0.25) is 0 Å². The fraction of sp³-hybridized carbons (Fsp3) is 0.500. The molecule has 98 valence electrons. The molecule has 1 aliphatic rings. The van der Waals surface area contributed by atoms with Crippen molar-refractivity contribution in [3.05, 3.63) is 35.9 Å². The molecule has 0 aliphatic carbocycles. The summed E-state index contributed by atoms with van der Waals surface area (Å²) in [5.74, 6) is 0.764. The molecule has 1 aromatic rings. The molecule has 4 heteroatoms. The Kier molecular flexibility index (Phi) is 5.17. The first-order valence-electron chi connectivity index (χ1n) is 6.19. The highest BCUT2D eigenvalue weighted by Crippen LogP contribution is 2.06. The highest BCUT2D eigenvalue weighted by molar-refractivity contribution is 5.76. The van der Waals surface area contributed by atoms with Gasteiger partial charge in [-0.15, -0.1) is 0 Å². The second kappa shape index (κ2) is 7.13. The van der Waals surface area contributed by atoms with E-state index in [2.05, 4.69) is 17.1 Å². The maximum atomic E-state index is 5.65. The van der Waals surface area contributed by atoms with Crippen LogP contribution in [0.4, 0.5) is 0 Å². The van der Waals surface area contributed by atoms with Gasteiger partial charge in [-0.25, -0.2) is 0 Å². The van der Waals surface area contributed by atoms with Gasteiger partial charge in [0.25, 0.3) is 0 Å². The van der Waals surface area contributed by atoms with Crippen molar-refractivity contribution < 1.29 is 14.2 Å². The van der Waals surface area contributed by atoms with E-state index in [9.17, 15) is 0 Å². The van der Waals surface area contributed by atoms with Gasteiger partial charge < -0.3 is 14.2 Å². The Morgan fingerprint density at radius 2 is 2.17 bits per heavy atom. The first-order valence-corrected chi connectivity index (χ1v) is 6.19. The summed E-state index contributed by atoms with van der Waals surface area (Å²) in [5, 5.41) is 0. The molecule has 1 aromatic carbocycles. The largest absolute Gasteiger partial charge is 0.484 e. The summed E-state index contributed by atoms with van der Waals surface area (Å²) in [5.41, 5.74) is 1.17. The van der Waals surface area contributed by atoms with Gasteiger partial charge in [0.15, 0.2) is 5.90 Å². The molecule has 0 saturated carbocycles. The van der Waals surface area contributed by atoms with Gasteiger partial charge in [0.1, 0.15) is 6.10 Å². The van der Waals surface area contributed by atoms with Crippen LogP contribution in [-0.4, -0.2) is 38.9 Å². The summed E-state index contributed by atoms with van der Waals surface area (Å²) in [6.07, 6.45) is 0.771. The van der Waals surface area contributed by atoms with Crippen LogP contribution in [-0.2, 0) is 20.8 Å². The number of methoxy groups -OCH3 is 1. The van der Waals surface area contributed by atoms with Crippen LogP contribution in [0.15, 0.2) is 35.3 Å². The standard InChI is InChI=1S/C14H19NO3/c1-16-14-7-8-18-13(9-15-14)11-17-10-12-5-3-2-4-6-12/h2-6,13H,7-11H2,1H3. The average Bonchev–Trinajstić information content (AvgIpc) is 2.65. The van der Waals surface area contributed by atoms with Gasteiger partial charge in [0, 0.05) is 6.42 Å². The van der Waals surface area contributed by atoms with E-state index < -0.39 is 0 Å². The van der Waals surface area contributed by atoms with E-state index in [1.807, 2.05) is 18.2 Å². The van der Waals surface area contributed by atoms with Crippen molar-refractivity contribution in [2.45, 2.75) is 19.1 Å². The summed E-state index contributed by atoms with van der Waals surface area (Å²) < 4.78 is 16.4. The molecule has 1 atom stereocenters. The summed E-state index contributed by atoms with van der Waals surface area (Å²) >= 11 is 0. The third-order valence-electron chi connectivity index (χ3n) is 2.79. The summed E-state index contributed by atoms with van der Waals surface area (Å²) in [7, 11) is 1.64. The molecule has 1 unspecified atom stereocenters. The van der Waals surface area contributed by atoms with Crippen LogP contribution < -0.4 is 0 Å². The highest BCUT2D eigenvalue weighted by Gasteiger charge is 2.14. The summed E-state index contributed by atoms with van der Waals surface area (Å²) in [4.78, 5) is 4.34. The number of hydrogen-bond acceptors (Lipinski definition) is 4. The number of benzene rings is 1. The van der Waals surface area contributed by atoms with Crippen molar-refractivity contribution in [1.82, 2.24) is 0 Å². The molecule has 0 fully saturated rings. The van der Waals surface area contributed by atoms with E-state index in [1.54, 1.807) is 7.11 Å². The Morgan fingerprint density at radius 1 is 1.33 bits per heavy atom. The minimum atomic E-state index is 0.0290.